The molecular weight excluding hydrogens is 244 g/mol. The van der Waals surface area contributed by atoms with Crippen LogP contribution in [0.2, 0.25) is 0 Å². The molecule has 1 aromatic rings. The fourth-order valence-corrected chi connectivity index (χ4v) is 2.74. The Morgan fingerprint density at radius 2 is 1.85 bits per heavy atom. The predicted octanol–water partition coefficient (Wildman–Crippen LogP) is 3.63. The van der Waals surface area contributed by atoms with Crippen molar-refractivity contribution >= 4 is 17.8 Å². The predicted molar refractivity (Wildman–Crippen MR) is 89.3 cm³/mol. The molecule has 20 heavy (non-hydrogen) atoms. The fourth-order valence-electron chi connectivity index (χ4n) is 2.74. The molecule has 0 radical (unpaired) electrons. The SMILES string of the molecule is C=Cc1ccc(C(=C)N2CCC(NC)CC2)cc1C=C. The van der Waals surface area contributed by atoms with Crippen molar-refractivity contribution in [3.8, 4) is 0 Å². The maximum Gasteiger partial charge on any atom is 0.0367 e. The van der Waals surface area contributed by atoms with Crippen LogP contribution < -0.4 is 5.32 Å². The molecule has 0 amide bonds. The van der Waals surface area contributed by atoms with Crippen molar-refractivity contribution in [2.24, 2.45) is 0 Å². The first-order valence-corrected chi connectivity index (χ1v) is 7.20. The van der Waals surface area contributed by atoms with Gasteiger partial charge >= 0.3 is 0 Å². The molecule has 1 aliphatic rings. The van der Waals surface area contributed by atoms with Gasteiger partial charge in [-0.2, -0.15) is 0 Å². The van der Waals surface area contributed by atoms with Crippen LogP contribution in [0.4, 0.5) is 0 Å². The number of hydrogen-bond donors (Lipinski definition) is 1. The Hall–Kier alpha value is -1.80. The van der Waals surface area contributed by atoms with E-state index in [0.29, 0.717) is 6.04 Å². The summed E-state index contributed by atoms with van der Waals surface area (Å²) < 4.78 is 0. The summed E-state index contributed by atoms with van der Waals surface area (Å²) in [6.07, 6.45) is 6.09. The standard InChI is InChI=1S/C18H24N2/c1-5-15-7-8-17(13-16(15)6-2)14(3)20-11-9-18(19-4)10-12-20/h5-8,13,18-19H,1-3,9-12H2,4H3. The first kappa shape index (κ1) is 14.6. The summed E-state index contributed by atoms with van der Waals surface area (Å²) in [6, 6.07) is 7.00. The van der Waals surface area contributed by atoms with Gasteiger partial charge in [0.25, 0.3) is 0 Å². The molecule has 1 heterocycles. The normalized spacial score (nSPS) is 15.9. The van der Waals surface area contributed by atoms with Crippen molar-refractivity contribution in [1.82, 2.24) is 10.2 Å². The van der Waals surface area contributed by atoms with E-state index in [1.165, 1.54) is 18.4 Å². The molecule has 1 aliphatic heterocycles. The Labute approximate surface area is 122 Å². The Morgan fingerprint density at radius 3 is 2.40 bits per heavy atom. The van der Waals surface area contributed by atoms with Crippen LogP contribution in [0.25, 0.3) is 17.8 Å². The highest BCUT2D eigenvalue weighted by Gasteiger charge is 2.19. The number of likely N-dealkylation sites (tertiary alicyclic amines) is 1. The highest BCUT2D eigenvalue weighted by molar-refractivity contribution is 5.71. The highest BCUT2D eigenvalue weighted by Crippen LogP contribution is 2.25. The Bertz CT molecular complexity index is 508. The van der Waals surface area contributed by atoms with Gasteiger partial charge in [-0.1, -0.05) is 44.0 Å². The Balaban J connectivity index is 2.13. The summed E-state index contributed by atoms with van der Waals surface area (Å²) in [5, 5.41) is 3.36. The minimum absolute atomic E-state index is 0.644. The monoisotopic (exact) mass is 268 g/mol. The summed E-state index contributed by atoms with van der Waals surface area (Å²) in [7, 11) is 2.04. The average molecular weight is 268 g/mol. The minimum atomic E-state index is 0.644. The Morgan fingerprint density at radius 1 is 1.20 bits per heavy atom. The molecule has 0 saturated carbocycles. The van der Waals surface area contributed by atoms with Crippen LogP contribution in [0.3, 0.4) is 0 Å². The van der Waals surface area contributed by atoms with E-state index >= 15 is 0 Å². The number of nitrogens with one attached hydrogen (secondary N) is 1. The van der Waals surface area contributed by atoms with E-state index in [1.54, 1.807) is 0 Å². The molecular formula is C18H24N2. The lowest BCUT2D eigenvalue weighted by Crippen LogP contribution is -2.40. The molecule has 1 aromatic carbocycles. The lowest BCUT2D eigenvalue weighted by atomic mass is 9.99. The highest BCUT2D eigenvalue weighted by atomic mass is 15.1. The second kappa shape index (κ2) is 6.58. The smallest absolute Gasteiger partial charge is 0.0367 e. The van der Waals surface area contributed by atoms with E-state index in [-0.39, 0.29) is 0 Å². The first-order valence-electron chi connectivity index (χ1n) is 7.20. The topological polar surface area (TPSA) is 15.3 Å². The fraction of sp³-hybridized carbons (Fsp3) is 0.333. The molecule has 1 saturated heterocycles. The van der Waals surface area contributed by atoms with E-state index in [2.05, 4.69) is 48.2 Å². The van der Waals surface area contributed by atoms with Gasteiger partial charge in [-0.25, -0.2) is 0 Å². The van der Waals surface area contributed by atoms with E-state index < -0.39 is 0 Å². The van der Waals surface area contributed by atoms with E-state index in [1.807, 2.05) is 19.2 Å². The number of rotatable bonds is 5. The second-order valence-electron chi connectivity index (χ2n) is 5.25. The second-order valence-corrected chi connectivity index (χ2v) is 5.25. The zero-order chi connectivity index (χ0) is 14.5. The van der Waals surface area contributed by atoms with Crippen LogP contribution in [-0.2, 0) is 0 Å². The van der Waals surface area contributed by atoms with Crippen LogP contribution in [0.5, 0.6) is 0 Å². The van der Waals surface area contributed by atoms with E-state index in [9.17, 15) is 0 Å². The van der Waals surface area contributed by atoms with Crippen molar-refractivity contribution in [3.05, 3.63) is 54.6 Å². The van der Waals surface area contributed by atoms with Crippen molar-refractivity contribution < 1.29 is 0 Å². The van der Waals surface area contributed by atoms with Crippen LogP contribution in [0, 0.1) is 0 Å². The van der Waals surface area contributed by atoms with Crippen LogP contribution in [0.1, 0.15) is 29.5 Å². The molecule has 2 heteroatoms. The third kappa shape index (κ3) is 3.02. The third-order valence-corrected chi connectivity index (χ3v) is 4.14. The van der Waals surface area contributed by atoms with Crippen molar-refractivity contribution in [3.63, 3.8) is 0 Å². The van der Waals surface area contributed by atoms with Crippen LogP contribution >= 0.6 is 0 Å². The molecule has 0 aliphatic carbocycles. The Kier molecular flexibility index (Phi) is 4.80. The molecule has 106 valence electrons. The maximum atomic E-state index is 4.28. The van der Waals surface area contributed by atoms with Gasteiger partial charge in [-0.15, -0.1) is 0 Å². The molecule has 0 bridgehead atoms. The summed E-state index contributed by atoms with van der Waals surface area (Å²) in [6.45, 7) is 14.1. The summed E-state index contributed by atoms with van der Waals surface area (Å²) >= 11 is 0. The summed E-state index contributed by atoms with van der Waals surface area (Å²) in [5.41, 5.74) is 4.51. The van der Waals surface area contributed by atoms with Crippen LogP contribution in [-0.4, -0.2) is 31.1 Å². The summed E-state index contributed by atoms with van der Waals surface area (Å²) in [4.78, 5) is 2.38. The molecule has 0 spiro atoms. The molecule has 2 rings (SSSR count). The van der Waals surface area contributed by atoms with Crippen LogP contribution in [0.15, 0.2) is 37.9 Å². The first-order chi connectivity index (χ1) is 9.69. The van der Waals surface area contributed by atoms with Gasteiger partial charge in [0.15, 0.2) is 0 Å². The number of hydrogen-bond acceptors (Lipinski definition) is 2. The zero-order valence-electron chi connectivity index (χ0n) is 12.4. The van der Waals surface area contributed by atoms with Crippen molar-refractivity contribution in [2.45, 2.75) is 18.9 Å². The zero-order valence-corrected chi connectivity index (χ0v) is 12.4. The molecule has 0 aromatic heterocycles. The third-order valence-electron chi connectivity index (χ3n) is 4.14. The molecule has 1 fully saturated rings. The summed E-state index contributed by atoms with van der Waals surface area (Å²) in [5.74, 6) is 0. The maximum absolute atomic E-state index is 4.28. The van der Waals surface area contributed by atoms with Gasteiger partial charge in [0.05, 0.1) is 0 Å². The van der Waals surface area contributed by atoms with Crippen molar-refractivity contribution in [2.75, 3.05) is 20.1 Å². The van der Waals surface area contributed by atoms with Gasteiger partial charge in [0.2, 0.25) is 0 Å². The van der Waals surface area contributed by atoms with Gasteiger partial charge < -0.3 is 10.2 Å². The number of nitrogens with zero attached hydrogens (tertiary/aromatic N) is 1. The molecule has 2 nitrogen and oxygen atoms in total. The minimum Gasteiger partial charge on any atom is -0.371 e. The van der Waals surface area contributed by atoms with Gasteiger partial charge in [-0.05, 0) is 42.6 Å². The largest absolute Gasteiger partial charge is 0.371 e. The number of benzene rings is 1. The molecule has 1 N–H and O–H groups in total. The average Bonchev–Trinajstić information content (AvgIpc) is 2.53. The van der Waals surface area contributed by atoms with Gasteiger partial charge in [0.1, 0.15) is 0 Å². The van der Waals surface area contributed by atoms with E-state index in [4.69, 9.17) is 0 Å². The lowest BCUT2D eigenvalue weighted by molar-refractivity contribution is 0.279. The van der Waals surface area contributed by atoms with E-state index in [0.717, 1.165) is 29.9 Å². The molecule has 0 unspecified atom stereocenters. The molecule has 0 atom stereocenters. The lowest BCUT2D eigenvalue weighted by Gasteiger charge is -2.34. The van der Waals surface area contributed by atoms with Gasteiger partial charge in [0, 0.05) is 24.8 Å². The van der Waals surface area contributed by atoms with Crippen molar-refractivity contribution in [1.29, 1.82) is 0 Å². The quantitative estimate of drug-likeness (QED) is 0.877. The van der Waals surface area contributed by atoms with Gasteiger partial charge in [-0.3, -0.25) is 0 Å². The number of piperidine rings is 1.